The van der Waals surface area contributed by atoms with Gasteiger partial charge >= 0.3 is 5.97 Å². The smallest absolute Gasteiger partial charge is 0.337 e. The van der Waals surface area contributed by atoms with Crippen LogP contribution in [0.25, 0.3) is 0 Å². The maximum atomic E-state index is 12.3. The molecule has 1 fully saturated rings. The molecule has 0 aromatic heterocycles. The van der Waals surface area contributed by atoms with Crippen LogP contribution in [-0.2, 0) is 9.53 Å². The molecule has 0 bridgehead atoms. The average molecular weight is 343 g/mol. The second-order valence-corrected chi connectivity index (χ2v) is 6.53. The number of hydrogen-bond acceptors (Lipinski definition) is 5. The van der Waals surface area contributed by atoms with Crippen LogP contribution in [0.4, 0.5) is 5.69 Å². The van der Waals surface area contributed by atoms with Gasteiger partial charge in [-0.25, -0.2) is 4.79 Å². The lowest BCUT2D eigenvalue weighted by molar-refractivity contribution is -0.120. The number of carbonyl (C=O) groups is 2. The number of benzene rings is 1. The van der Waals surface area contributed by atoms with Crippen LogP contribution in [0.3, 0.4) is 0 Å². The lowest BCUT2D eigenvalue weighted by Crippen LogP contribution is -2.49. The highest BCUT2D eigenvalue weighted by molar-refractivity contribution is 5.91. The van der Waals surface area contributed by atoms with Gasteiger partial charge in [0.05, 0.1) is 25.3 Å². The Morgan fingerprint density at radius 3 is 2.52 bits per heavy atom. The van der Waals surface area contributed by atoms with Gasteiger partial charge in [-0.15, -0.1) is 0 Å². The van der Waals surface area contributed by atoms with Gasteiger partial charge < -0.3 is 15.4 Å². The highest BCUT2D eigenvalue weighted by Gasteiger charge is 2.32. The standard InChI is InChI=1S/C19H25N3O3/c1-14-7-8-15(18(24)25-2)11-16(14)21-12-17(23)22-19(13-20)9-5-3-4-6-10-19/h7-8,11,21H,3-6,9-10,12H2,1-2H3,(H,22,23). The first-order valence-electron chi connectivity index (χ1n) is 8.65. The van der Waals surface area contributed by atoms with Gasteiger partial charge in [0.2, 0.25) is 5.91 Å². The fourth-order valence-corrected chi connectivity index (χ4v) is 3.14. The summed E-state index contributed by atoms with van der Waals surface area (Å²) in [6.07, 6.45) is 5.54. The fourth-order valence-electron chi connectivity index (χ4n) is 3.14. The van der Waals surface area contributed by atoms with Crippen molar-refractivity contribution in [1.29, 1.82) is 5.26 Å². The summed E-state index contributed by atoms with van der Waals surface area (Å²) in [5, 5.41) is 15.5. The number of aryl methyl sites for hydroxylation is 1. The average Bonchev–Trinajstić information content (AvgIpc) is 2.86. The van der Waals surface area contributed by atoms with Crippen molar-refractivity contribution in [3.63, 3.8) is 0 Å². The van der Waals surface area contributed by atoms with Crippen LogP contribution in [0.1, 0.15) is 54.4 Å². The van der Waals surface area contributed by atoms with E-state index in [-0.39, 0.29) is 12.5 Å². The number of nitrogens with zero attached hydrogens (tertiary/aromatic N) is 1. The predicted octanol–water partition coefficient (Wildman–Crippen LogP) is 2.93. The summed E-state index contributed by atoms with van der Waals surface area (Å²) >= 11 is 0. The Labute approximate surface area is 148 Å². The maximum absolute atomic E-state index is 12.3. The quantitative estimate of drug-likeness (QED) is 0.633. The van der Waals surface area contributed by atoms with Crippen molar-refractivity contribution in [3.05, 3.63) is 29.3 Å². The highest BCUT2D eigenvalue weighted by atomic mass is 16.5. The first kappa shape index (κ1) is 18.8. The topological polar surface area (TPSA) is 91.2 Å². The third kappa shape index (κ3) is 4.96. The van der Waals surface area contributed by atoms with Gasteiger partial charge in [0, 0.05) is 5.69 Å². The first-order chi connectivity index (χ1) is 12.0. The van der Waals surface area contributed by atoms with E-state index in [1.165, 1.54) is 7.11 Å². The van der Waals surface area contributed by atoms with Gasteiger partial charge in [0.1, 0.15) is 5.54 Å². The Morgan fingerprint density at radius 2 is 1.92 bits per heavy atom. The molecular weight excluding hydrogens is 318 g/mol. The molecule has 0 radical (unpaired) electrons. The second kappa shape index (κ2) is 8.52. The number of nitrogens with one attached hydrogen (secondary N) is 2. The number of esters is 1. The SMILES string of the molecule is COC(=O)c1ccc(C)c(NCC(=O)NC2(C#N)CCCCCC2)c1. The lowest BCUT2D eigenvalue weighted by Gasteiger charge is -2.26. The third-order valence-electron chi connectivity index (χ3n) is 4.65. The normalized spacial score (nSPS) is 16.2. The summed E-state index contributed by atoms with van der Waals surface area (Å²) in [4.78, 5) is 24.0. The minimum absolute atomic E-state index is 0.0505. The molecule has 0 heterocycles. The molecule has 2 N–H and O–H groups in total. The molecule has 6 heteroatoms. The molecule has 6 nitrogen and oxygen atoms in total. The maximum Gasteiger partial charge on any atom is 0.337 e. The molecule has 1 amide bonds. The van der Waals surface area contributed by atoms with E-state index in [2.05, 4.69) is 16.7 Å². The van der Waals surface area contributed by atoms with Crippen LogP contribution < -0.4 is 10.6 Å². The van der Waals surface area contributed by atoms with Crippen molar-refractivity contribution in [2.24, 2.45) is 0 Å². The van der Waals surface area contributed by atoms with Gasteiger partial charge in [0.25, 0.3) is 0 Å². The van der Waals surface area contributed by atoms with Gasteiger partial charge in [0.15, 0.2) is 0 Å². The second-order valence-electron chi connectivity index (χ2n) is 6.53. The molecule has 1 saturated carbocycles. The molecule has 0 saturated heterocycles. The number of carbonyl (C=O) groups excluding carboxylic acids is 2. The summed E-state index contributed by atoms with van der Waals surface area (Å²) in [7, 11) is 1.33. The Bertz CT molecular complexity index is 671. The largest absolute Gasteiger partial charge is 0.465 e. The predicted molar refractivity (Wildman–Crippen MR) is 95.2 cm³/mol. The van der Waals surface area contributed by atoms with E-state index in [0.29, 0.717) is 24.1 Å². The number of nitriles is 1. The Hall–Kier alpha value is -2.55. The molecule has 1 aromatic rings. The van der Waals surface area contributed by atoms with Crippen LogP contribution in [-0.4, -0.2) is 31.1 Å². The van der Waals surface area contributed by atoms with Crippen LogP contribution in [0, 0.1) is 18.3 Å². The zero-order valence-electron chi connectivity index (χ0n) is 14.9. The molecule has 134 valence electrons. The Balaban J connectivity index is 1.99. The van der Waals surface area contributed by atoms with Crippen molar-refractivity contribution in [2.45, 2.75) is 51.0 Å². The molecule has 0 unspecified atom stereocenters. The van der Waals surface area contributed by atoms with Crippen LogP contribution in [0.15, 0.2) is 18.2 Å². The van der Waals surface area contributed by atoms with Crippen LogP contribution in [0.5, 0.6) is 0 Å². The summed E-state index contributed by atoms with van der Waals surface area (Å²) in [5.74, 6) is -0.638. The summed E-state index contributed by atoms with van der Waals surface area (Å²) in [6, 6.07) is 7.46. The van der Waals surface area contributed by atoms with E-state index in [1.807, 2.05) is 6.92 Å². The van der Waals surface area contributed by atoms with E-state index in [1.54, 1.807) is 18.2 Å². The van der Waals surface area contributed by atoms with Crippen molar-refractivity contribution in [2.75, 3.05) is 19.0 Å². The number of ether oxygens (including phenoxy) is 1. The third-order valence-corrected chi connectivity index (χ3v) is 4.65. The zero-order chi connectivity index (χ0) is 18.3. The Kier molecular flexibility index (Phi) is 6.40. The summed E-state index contributed by atoms with van der Waals surface area (Å²) in [6.45, 7) is 1.94. The summed E-state index contributed by atoms with van der Waals surface area (Å²) in [5.41, 5.74) is 1.29. The number of hydrogen-bond donors (Lipinski definition) is 2. The van der Waals surface area contributed by atoms with Crippen LogP contribution >= 0.6 is 0 Å². The number of methoxy groups -OCH3 is 1. The molecule has 1 aliphatic rings. The van der Waals surface area contributed by atoms with Gasteiger partial charge in [-0.1, -0.05) is 31.7 Å². The number of anilines is 1. The molecule has 0 aliphatic heterocycles. The lowest BCUT2D eigenvalue weighted by atomic mass is 9.92. The summed E-state index contributed by atoms with van der Waals surface area (Å²) < 4.78 is 4.71. The van der Waals surface area contributed by atoms with Crippen molar-refractivity contribution >= 4 is 17.6 Å². The van der Waals surface area contributed by atoms with Crippen molar-refractivity contribution in [3.8, 4) is 6.07 Å². The van der Waals surface area contributed by atoms with E-state index in [4.69, 9.17) is 4.74 Å². The molecule has 2 rings (SSSR count). The molecule has 1 aromatic carbocycles. The van der Waals surface area contributed by atoms with Crippen LogP contribution in [0.2, 0.25) is 0 Å². The minimum atomic E-state index is -0.752. The van der Waals surface area contributed by atoms with E-state index in [0.717, 1.165) is 31.2 Å². The molecule has 0 atom stereocenters. The zero-order valence-corrected chi connectivity index (χ0v) is 14.9. The first-order valence-corrected chi connectivity index (χ1v) is 8.65. The van der Waals surface area contributed by atoms with E-state index in [9.17, 15) is 14.9 Å². The van der Waals surface area contributed by atoms with Crippen molar-refractivity contribution < 1.29 is 14.3 Å². The molecule has 25 heavy (non-hydrogen) atoms. The molecular formula is C19H25N3O3. The minimum Gasteiger partial charge on any atom is -0.465 e. The van der Waals surface area contributed by atoms with Gasteiger partial charge in [-0.3, -0.25) is 4.79 Å². The molecule has 0 spiro atoms. The van der Waals surface area contributed by atoms with Crippen molar-refractivity contribution in [1.82, 2.24) is 5.32 Å². The van der Waals surface area contributed by atoms with E-state index >= 15 is 0 Å². The number of rotatable bonds is 5. The van der Waals surface area contributed by atoms with Gasteiger partial charge in [-0.2, -0.15) is 5.26 Å². The van der Waals surface area contributed by atoms with E-state index < -0.39 is 11.5 Å². The van der Waals surface area contributed by atoms with Gasteiger partial charge in [-0.05, 0) is 37.5 Å². The monoisotopic (exact) mass is 343 g/mol. The molecule has 1 aliphatic carbocycles. The fraction of sp³-hybridized carbons (Fsp3) is 0.526. The highest BCUT2D eigenvalue weighted by Crippen LogP contribution is 2.26. The Morgan fingerprint density at radius 1 is 1.24 bits per heavy atom. The number of amides is 1.